The first-order valence-corrected chi connectivity index (χ1v) is 11.5. The molecule has 0 fully saturated rings. The van der Waals surface area contributed by atoms with Gasteiger partial charge in [-0.25, -0.2) is 4.39 Å². The average Bonchev–Trinajstić information content (AvgIpc) is 2.79. The Bertz CT molecular complexity index is 660. The molecule has 0 saturated heterocycles. The van der Waals surface area contributed by atoms with Gasteiger partial charge in [-0.15, -0.1) is 0 Å². The molecule has 0 N–H and O–H groups in total. The Balaban J connectivity index is 4.39. The van der Waals surface area contributed by atoms with Crippen LogP contribution < -0.4 is 0 Å². The number of allylic oxidation sites excluding steroid dienone is 3. The molecule has 0 aliphatic heterocycles. The molecule has 0 rings (SSSR count). The van der Waals surface area contributed by atoms with Gasteiger partial charge in [0.15, 0.2) is 5.84 Å². The molecule has 0 heterocycles. The Morgan fingerprint density at radius 1 is 1.25 bits per heavy atom. The van der Waals surface area contributed by atoms with Crippen molar-refractivity contribution >= 4 is 11.5 Å². The summed E-state index contributed by atoms with van der Waals surface area (Å²) in [5.41, 5.74) is 0.814. The van der Waals surface area contributed by atoms with E-state index in [1.54, 1.807) is 19.4 Å². The van der Waals surface area contributed by atoms with E-state index >= 15 is 0 Å². The summed E-state index contributed by atoms with van der Waals surface area (Å²) in [7, 11) is 1.68. The van der Waals surface area contributed by atoms with E-state index in [1.807, 2.05) is 31.7 Å². The fourth-order valence-electron chi connectivity index (χ4n) is 2.87. The molecule has 0 aromatic carbocycles. The van der Waals surface area contributed by atoms with Crippen LogP contribution in [-0.2, 0) is 4.74 Å². The molecule has 0 aliphatic rings. The SMILES string of the molecule is C=CC(C(=NCC(C)=NC)N(CC)CCCCO/C=C/CCCC/C=C(/F)CC)[N+](=O)[O-]. The normalized spacial score (nSPS) is 14.0. The minimum absolute atomic E-state index is 0.0350. The zero-order valence-electron chi connectivity index (χ0n) is 20.3. The van der Waals surface area contributed by atoms with Crippen LogP contribution in [0.5, 0.6) is 0 Å². The van der Waals surface area contributed by atoms with Crippen molar-refractivity contribution in [3.8, 4) is 0 Å². The second kappa shape index (κ2) is 19.2. The molecule has 0 aromatic rings. The molecule has 1 unspecified atom stereocenters. The van der Waals surface area contributed by atoms with Crippen LogP contribution >= 0.6 is 0 Å². The number of rotatable bonds is 18. The number of hydrogen-bond acceptors (Lipinski definition) is 5. The molecule has 0 bridgehead atoms. The fraction of sp³-hybridized carbons (Fsp3) is 0.667. The molecule has 8 heteroatoms. The van der Waals surface area contributed by atoms with Gasteiger partial charge < -0.3 is 9.64 Å². The number of halogens is 1. The van der Waals surface area contributed by atoms with Crippen LogP contribution in [0.25, 0.3) is 0 Å². The Hall–Kier alpha value is -2.51. The first kappa shape index (κ1) is 29.5. The maximum atomic E-state index is 13.0. The van der Waals surface area contributed by atoms with E-state index in [4.69, 9.17) is 4.74 Å². The van der Waals surface area contributed by atoms with Gasteiger partial charge in [-0.1, -0.05) is 19.6 Å². The Morgan fingerprint density at radius 3 is 2.56 bits per heavy atom. The van der Waals surface area contributed by atoms with E-state index in [-0.39, 0.29) is 10.8 Å². The van der Waals surface area contributed by atoms with Gasteiger partial charge in [0.05, 0.1) is 25.2 Å². The Morgan fingerprint density at radius 2 is 1.97 bits per heavy atom. The third-order valence-corrected chi connectivity index (χ3v) is 4.93. The molecule has 32 heavy (non-hydrogen) atoms. The summed E-state index contributed by atoms with van der Waals surface area (Å²) in [6.07, 6.45) is 12.5. The van der Waals surface area contributed by atoms with Crippen LogP contribution in [0, 0.1) is 10.1 Å². The largest absolute Gasteiger partial charge is 0.502 e. The number of nitrogens with zero attached hydrogens (tertiary/aromatic N) is 4. The highest BCUT2D eigenvalue weighted by atomic mass is 19.1. The summed E-state index contributed by atoms with van der Waals surface area (Å²) in [5, 5.41) is 11.5. The third-order valence-electron chi connectivity index (χ3n) is 4.93. The number of unbranched alkanes of at least 4 members (excludes halogenated alkanes) is 4. The molecule has 0 spiro atoms. The van der Waals surface area contributed by atoms with Crippen LogP contribution in [0.15, 0.2) is 46.9 Å². The summed E-state index contributed by atoms with van der Waals surface area (Å²) in [6, 6.07) is -1.03. The summed E-state index contributed by atoms with van der Waals surface area (Å²) >= 11 is 0. The summed E-state index contributed by atoms with van der Waals surface area (Å²) in [6.45, 7) is 11.4. The van der Waals surface area contributed by atoms with Crippen molar-refractivity contribution in [2.75, 3.05) is 33.3 Å². The van der Waals surface area contributed by atoms with Gasteiger partial charge in [0.2, 0.25) is 0 Å². The van der Waals surface area contributed by atoms with Crippen LogP contribution in [0.3, 0.4) is 0 Å². The standard InChI is InChI=1S/C24H41FN4O3/c1-6-22(25)16-12-10-9-11-14-18-32-19-15-13-17-28(8-3)24(23(7-2)29(30)31)27-20-21(4)26-5/h7,14,16,18,23H,2,6,8-13,15,17,19-20H2,1,3-5H3/b18-14+,22-16+,26-21?,27-24?. The Labute approximate surface area is 193 Å². The van der Waals surface area contributed by atoms with Crippen molar-refractivity contribution in [2.45, 2.75) is 71.8 Å². The van der Waals surface area contributed by atoms with Crippen LogP contribution in [0.4, 0.5) is 4.39 Å². The summed E-state index contributed by atoms with van der Waals surface area (Å²) in [4.78, 5) is 21.6. The molecule has 7 nitrogen and oxygen atoms in total. The number of ether oxygens (including phenoxy) is 1. The van der Waals surface area contributed by atoms with E-state index in [2.05, 4.69) is 16.6 Å². The molecule has 0 aromatic heterocycles. The van der Waals surface area contributed by atoms with Crippen LogP contribution in [0.2, 0.25) is 0 Å². The molecular weight excluding hydrogens is 411 g/mol. The fourth-order valence-corrected chi connectivity index (χ4v) is 2.87. The highest BCUT2D eigenvalue weighted by Gasteiger charge is 2.27. The maximum Gasteiger partial charge on any atom is 0.287 e. The van der Waals surface area contributed by atoms with E-state index in [0.717, 1.165) is 44.2 Å². The summed E-state index contributed by atoms with van der Waals surface area (Å²) < 4.78 is 18.5. The lowest BCUT2D eigenvalue weighted by atomic mass is 10.2. The lowest BCUT2D eigenvalue weighted by Gasteiger charge is -2.25. The molecule has 0 radical (unpaired) electrons. The number of nitro groups is 1. The average molecular weight is 453 g/mol. The second-order valence-corrected chi connectivity index (χ2v) is 7.42. The smallest absolute Gasteiger partial charge is 0.287 e. The highest BCUT2D eigenvalue weighted by molar-refractivity contribution is 5.91. The quantitative estimate of drug-likeness (QED) is 0.0503. The molecule has 0 aliphatic carbocycles. The molecule has 0 amide bonds. The van der Waals surface area contributed by atoms with Crippen molar-refractivity contribution < 1.29 is 14.1 Å². The molecule has 0 saturated carbocycles. The van der Waals surface area contributed by atoms with E-state index < -0.39 is 6.04 Å². The van der Waals surface area contributed by atoms with Crippen molar-refractivity contribution in [1.82, 2.24) is 4.90 Å². The third kappa shape index (κ3) is 13.7. The second-order valence-electron chi connectivity index (χ2n) is 7.42. The number of likely N-dealkylation sites (N-methyl/N-ethyl adjacent to an activating group) is 1. The van der Waals surface area contributed by atoms with Crippen LogP contribution in [0.1, 0.15) is 65.7 Å². The molecular formula is C24H41FN4O3. The zero-order chi connectivity index (χ0) is 24.2. The van der Waals surface area contributed by atoms with Gasteiger partial charge in [-0.05, 0) is 70.9 Å². The van der Waals surface area contributed by atoms with E-state index in [9.17, 15) is 14.5 Å². The molecule has 1 atom stereocenters. The van der Waals surface area contributed by atoms with Crippen molar-refractivity contribution in [2.24, 2.45) is 9.98 Å². The Kier molecular flexibility index (Phi) is 17.7. The minimum Gasteiger partial charge on any atom is -0.502 e. The van der Waals surface area contributed by atoms with Crippen molar-refractivity contribution in [3.63, 3.8) is 0 Å². The number of aliphatic imine (C=N–C) groups is 2. The van der Waals surface area contributed by atoms with Gasteiger partial charge in [-0.3, -0.25) is 20.1 Å². The van der Waals surface area contributed by atoms with Gasteiger partial charge in [0, 0.05) is 30.8 Å². The van der Waals surface area contributed by atoms with Crippen molar-refractivity contribution in [1.29, 1.82) is 0 Å². The van der Waals surface area contributed by atoms with Crippen LogP contribution in [-0.4, -0.2) is 60.7 Å². The zero-order valence-corrected chi connectivity index (χ0v) is 20.3. The predicted octanol–water partition coefficient (Wildman–Crippen LogP) is 5.76. The lowest BCUT2D eigenvalue weighted by Crippen LogP contribution is -2.43. The topological polar surface area (TPSA) is 80.3 Å². The number of hydrogen-bond donors (Lipinski definition) is 0. The summed E-state index contributed by atoms with van der Waals surface area (Å²) in [5.74, 6) is 0.386. The van der Waals surface area contributed by atoms with Gasteiger partial charge in [0.1, 0.15) is 0 Å². The predicted molar refractivity (Wildman–Crippen MR) is 132 cm³/mol. The molecule has 182 valence electrons. The maximum absolute atomic E-state index is 13.0. The van der Waals surface area contributed by atoms with E-state index in [0.29, 0.717) is 38.5 Å². The van der Waals surface area contributed by atoms with Gasteiger partial charge >= 0.3 is 0 Å². The first-order chi connectivity index (χ1) is 15.4. The number of amidine groups is 1. The minimum atomic E-state index is -1.03. The first-order valence-electron chi connectivity index (χ1n) is 11.5. The van der Waals surface area contributed by atoms with E-state index in [1.165, 1.54) is 6.08 Å². The lowest BCUT2D eigenvalue weighted by molar-refractivity contribution is -0.491. The highest BCUT2D eigenvalue weighted by Crippen LogP contribution is 2.08. The van der Waals surface area contributed by atoms with Crippen molar-refractivity contribution in [3.05, 3.63) is 47.0 Å². The monoisotopic (exact) mass is 452 g/mol. The van der Waals surface area contributed by atoms with Gasteiger partial charge in [-0.2, -0.15) is 0 Å². The van der Waals surface area contributed by atoms with Gasteiger partial charge in [0.25, 0.3) is 6.04 Å².